The highest BCUT2D eigenvalue weighted by Gasteiger charge is 2.24. The van der Waals surface area contributed by atoms with Gasteiger partial charge in [0.15, 0.2) is 0 Å². The van der Waals surface area contributed by atoms with E-state index in [2.05, 4.69) is 18.7 Å². The average Bonchev–Trinajstić information content (AvgIpc) is 2.39. The van der Waals surface area contributed by atoms with Crippen molar-refractivity contribution in [2.45, 2.75) is 32.9 Å². The van der Waals surface area contributed by atoms with E-state index in [4.69, 9.17) is 10.5 Å². The van der Waals surface area contributed by atoms with Crippen LogP contribution in [0.1, 0.15) is 31.0 Å². The summed E-state index contributed by atoms with van der Waals surface area (Å²) < 4.78 is 18.7. The average molecular weight is 268 g/mol. The Bertz CT molecular complexity index is 398. The van der Waals surface area contributed by atoms with E-state index in [1.54, 1.807) is 13.2 Å². The molecule has 0 amide bonds. The minimum atomic E-state index is -0.213. The molecule has 0 spiro atoms. The van der Waals surface area contributed by atoms with Crippen LogP contribution < -0.4 is 5.73 Å². The highest BCUT2D eigenvalue weighted by molar-refractivity contribution is 5.30. The van der Waals surface area contributed by atoms with E-state index in [0.717, 1.165) is 17.7 Å². The van der Waals surface area contributed by atoms with Crippen LogP contribution in [0.3, 0.4) is 0 Å². The Balaban J connectivity index is 3.06. The molecule has 0 radical (unpaired) electrons. The molecule has 0 aliphatic carbocycles. The van der Waals surface area contributed by atoms with Gasteiger partial charge in [-0.1, -0.05) is 13.0 Å². The van der Waals surface area contributed by atoms with Gasteiger partial charge in [-0.15, -0.1) is 0 Å². The standard InChI is InChI=1S/C15H25FN2O/c1-5-18(12(3)10-19-4)15(9-17)14-8-13(16)7-6-11(14)2/h6-8,12,15H,5,9-10,17H2,1-4H3. The van der Waals surface area contributed by atoms with Gasteiger partial charge in [0.05, 0.1) is 6.61 Å². The van der Waals surface area contributed by atoms with Gasteiger partial charge in [0.25, 0.3) is 0 Å². The van der Waals surface area contributed by atoms with Gasteiger partial charge >= 0.3 is 0 Å². The number of methoxy groups -OCH3 is 1. The highest BCUT2D eigenvalue weighted by Crippen LogP contribution is 2.25. The van der Waals surface area contributed by atoms with Crippen LogP contribution in [0.4, 0.5) is 4.39 Å². The van der Waals surface area contributed by atoms with Crippen molar-refractivity contribution in [2.75, 3.05) is 26.8 Å². The lowest BCUT2D eigenvalue weighted by atomic mass is 9.98. The maximum absolute atomic E-state index is 13.5. The Hall–Kier alpha value is -0.970. The van der Waals surface area contributed by atoms with Gasteiger partial charge < -0.3 is 10.5 Å². The number of rotatable bonds is 7. The fraction of sp³-hybridized carbons (Fsp3) is 0.600. The van der Waals surface area contributed by atoms with Gasteiger partial charge in [0.2, 0.25) is 0 Å². The molecule has 0 aliphatic heterocycles. The van der Waals surface area contributed by atoms with Gasteiger partial charge in [0, 0.05) is 25.7 Å². The van der Waals surface area contributed by atoms with Crippen LogP contribution in [-0.4, -0.2) is 37.7 Å². The van der Waals surface area contributed by atoms with E-state index in [1.165, 1.54) is 6.07 Å². The van der Waals surface area contributed by atoms with Crippen molar-refractivity contribution >= 4 is 0 Å². The van der Waals surface area contributed by atoms with Crippen molar-refractivity contribution in [2.24, 2.45) is 5.73 Å². The zero-order chi connectivity index (χ0) is 14.4. The second-order valence-corrected chi connectivity index (χ2v) is 4.89. The number of likely N-dealkylation sites (N-methyl/N-ethyl adjacent to an activating group) is 1. The second kappa shape index (κ2) is 7.58. The van der Waals surface area contributed by atoms with E-state index in [9.17, 15) is 4.39 Å². The monoisotopic (exact) mass is 268 g/mol. The lowest BCUT2D eigenvalue weighted by Gasteiger charge is -2.35. The van der Waals surface area contributed by atoms with E-state index in [0.29, 0.717) is 13.2 Å². The third kappa shape index (κ3) is 4.00. The first-order valence-electron chi connectivity index (χ1n) is 6.75. The zero-order valence-electron chi connectivity index (χ0n) is 12.3. The van der Waals surface area contributed by atoms with Crippen LogP contribution in [0.25, 0.3) is 0 Å². The number of aryl methyl sites for hydroxylation is 1. The SMILES string of the molecule is CCN(C(C)COC)C(CN)c1cc(F)ccc1C. The first-order chi connectivity index (χ1) is 9.04. The molecule has 0 fully saturated rings. The number of benzene rings is 1. The maximum atomic E-state index is 13.5. The number of nitrogens with zero attached hydrogens (tertiary/aromatic N) is 1. The van der Waals surface area contributed by atoms with Crippen molar-refractivity contribution in [1.82, 2.24) is 4.90 Å². The Morgan fingerprint density at radius 1 is 1.42 bits per heavy atom. The summed E-state index contributed by atoms with van der Waals surface area (Å²) in [6.45, 7) is 8.13. The normalized spacial score (nSPS) is 14.7. The molecule has 2 unspecified atom stereocenters. The summed E-state index contributed by atoms with van der Waals surface area (Å²) in [5.41, 5.74) is 7.96. The number of ether oxygens (including phenoxy) is 1. The van der Waals surface area contributed by atoms with E-state index in [1.807, 2.05) is 13.0 Å². The van der Waals surface area contributed by atoms with E-state index >= 15 is 0 Å². The zero-order valence-corrected chi connectivity index (χ0v) is 12.3. The molecule has 0 saturated heterocycles. The Morgan fingerprint density at radius 2 is 2.11 bits per heavy atom. The van der Waals surface area contributed by atoms with Crippen LogP contribution >= 0.6 is 0 Å². The lowest BCUT2D eigenvalue weighted by molar-refractivity contribution is 0.0748. The molecule has 1 aromatic rings. The summed E-state index contributed by atoms with van der Waals surface area (Å²) in [5.74, 6) is -0.213. The topological polar surface area (TPSA) is 38.5 Å². The van der Waals surface area contributed by atoms with Crippen LogP contribution in [0.2, 0.25) is 0 Å². The molecule has 4 heteroatoms. The van der Waals surface area contributed by atoms with Crippen molar-refractivity contribution < 1.29 is 9.13 Å². The molecule has 0 bridgehead atoms. The molecular formula is C15H25FN2O. The Kier molecular flexibility index (Phi) is 6.42. The third-order valence-electron chi connectivity index (χ3n) is 3.56. The van der Waals surface area contributed by atoms with Gasteiger partial charge in [-0.25, -0.2) is 4.39 Å². The number of hydrogen-bond acceptors (Lipinski definition) is 3. The van der Waals surface area contributed by atoms with E-state index in [-0.39, 0.29) is 17.9 Å². The summed E-state index contributed by atoms with van der Waals surface area (Å²) in [5, 5.41) is 0. The minimum absolute atomic E-state index is 0.0193. The molecule has 0 heterocycles. The summed E-state index contributed by atoms with van der Waals surface area (Å²) >= 11 is 0. The van der Waals surface area contributed by atoms with Gasteiger partial charge in [-0.05, 0) is 43.7 Å². The molecule has 3 nitrogen and oxygen atoms in total. The molecular weight excluding hydrogens is 243 g/mol. The smallest absolute Gasteiger partial charge is 0.123 e. The lowest BCUT2D eigenvalue weighted by Crippen LogP contribution is -2.42. The Labute approximate surface area is 115 Å². The van der Waals surface area contributed by atoms with Crippen LogP contribution in [0.5, 0.6) is 0 Å². The van der Waals surface area contributed by atoms with Gasteiger partial charge in [-0.3, -0.25) is 4.90 Å². The predicted octanol–water partition coefficient (Wildman–Crippen LogP) is 2.49. The second-order valence-electron chi connectivity index (χ2n) is 4.89. The first-order valence-corrected chi connectivity index (χ1v) is 6.75. The third-order valence-corrected chi connectivity index (χ3v) is 3.56. The van der Waals surface area contributed by atoms with Crippen molar-refractivity contribution in [1.29, 1.82) is 0 Å². The van der Waals surface area contributed by atoms with Crippen LogP contribution in [0, 0.1) is 12.7 Å². The minimum Gasteiger partial charge on any atom is -0.383 e. The summed E-state index contributed by atoms with van der Waals surface area (Å²) in [6, 6.07) is 5.15. The summed E-state index contributed by atoms with van der Waals surface area (Å²) in [7, 11) is 1.69. The van der Waals surface area contributed by atoms with Gasteiger partial charge in [-0.2, -0.15) is 0 Å². The number of hydrogen-bond donors (Lipinski definition) is 1. The molecule has 0 aliphatic rings. The quantitative estimate of drug-likeness (QED) is 0.825. The number of halogens is 1. The van der Waals surface area contributed by atoms with Crippen molar-refractivity contribution in [3.63, 3.8) is 0 Å². The largest absolute Gasteiger partial charge is 0.383 e. The molecule has 0 saturated carbocycles. The summed E-state index contributed by atoms with van der Waals surface area (Å²) in [6.07, 6.45) is 0. The Morgan fingerprint density at radius 3 is 2.63 bits per heavy atom. The van der Waals surface area contributed by atoms with E-state index < -0.39 is 0 Å². The van der Waals surface area contributed by atoms with Gasteiger partial charge in [0.1, 0.15) is 5.82 Å². The van der Waals surface area contributed by atoms with Crippen LogP contribution in [-0.2, 0) is 4.74 Å². The molecule has 19 heavy (non-hydrogen) atoms. The number of nitrogens with two attached hydrogens (primary N) is 1. The molecule has 108 valence electrons. The molecule has 2 atom stereocenters. The van der Waals surface area contributed by atoms with Crippen molar-refractivity contribution in [3.8, 4) is 0 Å². The molecule has 2 N–H and O–H groups in total. The molecule has 0 aromatic heterocycles. The fourth-order valence-electron chi connectivity index (χ4n) is 2.59. The highest BCUT2D eigenvalue weighted by atomic mass is 19.1. The maximum Gasteiger partial charge on any atom is 0.123 e. The molecule has 1 rings (SSSR count). The predicted molar refractivity (Wildman–Crippen MR) is 76.7 cm³/mol. The first kappa shape index (κ1) is 16.1. The summed E-state index contributed by atoms with van der Waals surface area (Å²) in [4.78, 5) is 2.26. The molecule has 1 aromatic carbocycles. The van der Waals surface area contributed by atoms with Crippen molar-refractivity contribution in [3.05, 3.63) is 35.1 Å². The van der Waals surface area contributed by atoms with Crippen LogP contribution in [0.15, 0.2) is 18.2 Å². The fourth-order valence-corrected chi connectivity index (χ4v) is 2.59.